The van der Waals surface area contributed by atoms with Gasteiger partial charge >= 0.3 is 0 Å². The Morgan fingerprint density at radius 3 is 2.61 bits per heavy atom. The molecule has 0 bridgehead atoms. The lowest BCUT2D eigenvalue weighted by Gasteiger charge is -2.19. The SMILES string of the molecule is CCNC(=NCc1cccc(OC)c1OC1CCCC1)NCCCC(=O)NC1CC1.I. The van der Waals surface area contributed by atoms with Crippen LogP contribution in [-0.2, 0) is 11.3 Å². The molecule has 2 fully saturated rings. The third kappa shape index (κ3) is 8.74. The molecule has 7 nitrogen and oxygen atoms in total. The van der Waals surface area contributed by atoms with E-state index in [0.717, 1.165) is 61.7 Å². The summed E-state index contributed by atoms with van der Waals surface area (Å²) in [5.74, 6) is 2.46. The van der Waals surface area contributed by atoms with Crippen molar-refractivity contribution < 1.29 is 14.3 Å². The second kappa shape index (κ2) is 13.6. The largest absolute Gasteiger partial charge is 0.493 e. The zero-order chi connectivity index (χ0) is 21.2. The average molecular weight is 544 g/mol. The normalized spacial score (nSPS) is 16.4. The minimum absolute atomic E-state index is 0. The minimum Gasteiger partial charge on any atom is -0.493 e. The third-order valence-corrected chi connectivity index (χ3v) is 5.43. The number of ether oxygens (including phenoxy) is 2. The van der Waals surface area contributed by atoms with Gasteiger partial charge in [0.05, 0.1) is 19.8 Å². The van der Waals surface area contributed by atoms with Crippen LogP contribution in [0.1, 0.15) is 63.9 Å². The van der Waals surface area contributed by atoms with Crippen LogP contribution in [0.25, 0.3) is 0 Å². The molecule has 0 radical (unpaired) electrons. The Bertz CT molecular complexity index is 719. The molecule has 2 aliphatic carbocycles. The Morgan fingerprint density at radius 1 is 1.16 bits per heavy atom. The molecule has 0 saturated heterocycles. The fraction of sp³-hybridized carbons (Fsp3) is 0.652. The van der Waals surface area contributed by atoms with Crippen LogP contribution in [0.5, 0.6) is 11.5 Å². The lowest BCUT2D eigenvalue weighted by atomic mass is 10.1. The first-order valence-electron chi connectivity index (χ1n) is 11.3. The second-order valence-electron chi connectivity index (χ2n) is 8.04. The van der Waals surface area contributed by atoms with Gasteiger partial charge in [0.25, 0.3) is 0 Å². The first-order valence-corrected chi connectivity index (χ1v) is 11.3. The lowest BCUT2D eigenvalue weighted by molar-refractivity contribution is -0.121. The molecule has 3 N–H and O–H groups in total. The van der Waals surface area contributed by atoms with E-state index in [1.165, 1.54) is 12.8 Å². The van der Waals surface area contributed by atoms with E-state index in [4.69, 9.17) is 14.5 Å². The number of hydrogen-bond donors (Lipinski definition) is 3. The number of hydrogen-bond acceptors (Lipinski definition) is 4. The molecular formula is C23H37IN4O3. The molecule has 0 heterocycles. The molecule has 1 amide bonds. The van der Waals surface area contributed by atoms with Crippen molar-refractivity contribution in [3.63, 3.8) is 0 Å². The summed E-state index contributed by atoms with van der Waals surface area (Å²) in [6, 6.07) is 6.38. The molecule has 1 aromatic rings. The topological polar surface area (TPSA) is 84.0 Å². The summed E-state index contributed by atoms with van der Waals surface area (Å²) in [6.45, 7) is 4.02. The maximum atomic E-state index is 11.8. The number of amides is 1. The molecule has 174 valence electrons. The highest BCUT2D eigenvalue weighted by atomic mass is 127. The van der Waals surface area contributed by atoms with E-state index >= 15 is 0 Å². The zero-order valence-corrected chi connectivity index (χ0v) is 21.1. The standard InChI is InChI=1S/C23H36N4O3.HI/c1-3-24-23(25-15-7-12-21(28)27-18-13-14-18)26-16-17-8-6-11-20(29-2)22(17)30-19-9-4-5-10-19;/h6,8,11,18-19H,3-5,7,9-10,12-16H2,1-2H3,(H,27,28)(H2,24,25,26);1H. The quantitative estimate of drug-likeness (QED) is 0.171. The Morgan fingerprint density at radius 2 is 1.94 bits per heavy atom. The highest BCUT2D eigenvalue weighted by molar-refractivity contribution is 14.0. The molecular weight excluding hydrogens is 507 g/mol. The summed E-state index contributed by atoms with van der Waals surface area (Å²) in [7, 11) is 1.68. The van der Waals surface area contributed by atoms with Crippen LogP contribution < -0.4 is 25.4 Å². The van der Waals surface area contributed by atoms with Gasteiger partial charge in [-0.25, -0.2) is 4.99 Å². The summed E-state index contributed by atoms with van der Waals surface area (Å²) >= 11 is 0. The highest BCUT2D eigenvalue weighted by Gasteiger charge is 2.23. The van der Waals surface area contributed by atoms with Gasteiger partial charge < -0.3 is 25.4 Å². The van der Waals surface area contributed by atoms with Crippen molar-refractivity contribution in [1.29, 1.82) is 0 Å². The molecule has 2 saturated carbocycles. The van der Waals surface area contributed by atoms with Crippen LogP contribution >= 0.6 is 24.0 Å². The molecule has 2 aliphatic rings. The highest BCUT2D eigenvalue weighted by Crippen LogP contribution is 2.35. The summed E-state index contributed by atoms with van der Waals surface area (Å²) in [4.78, 5) is 16.5. The fourth-order valence-corrected chi connectivity index (χ4v) is 3.64. The Balaban J connectivity index is 0.00000341. The van der Waals surface area contributed by atoms with Crippen molar-refractivity contribution in [1.82, 2.24) is 16.0 Å². The van der Waals surface area contributed by atoms with Crippen LogP contribution in [-0.4, -0.2) is 44.2 Å². The Hall–Kier alpha value is -1.71. The lowest BCUT2D eigenvalue weighted by Crippen LogP contribution is -2.38. The number of nitrogens with one attached hydrogen (secondary N) is 3. The predicted octanol–water partition coefficient (Wildman–Crippen LogP) is 3.75. The summed E-state index contributed by atoms with van der Waals surface area (Å²) in [5.41, 5.74) is 1.02. The number of guanidine groups is 1. The van der Waals surface area contributed by atoms with Crippen molar-refractivity contribution in [2.75, 3.05) is 20.2 Å². The van der Waals surface area contributed by atoms with Gasteiger partial charge in [-0.15, -0.1) is 24.0 Å². The average Bonchev–Trinajstić information content (AvgIpc) is 3.41. The third-order valence-electron chi connectivity index (χ3n) is 5.43. The maximum absolute atomic E-state index is 11.8. The van der Waals surface area contributed by atoms with E-state index < -0.39 is 0 Å². The van der Waals surface area contributed by atoms with Gasteiger partial charge in [-0.05, 0) is 57.9 Å². The van der Waals surface area contributed by atoms with Crippen LogP contribution in [0.4, 0.5) is 0 Å². The molecule has 0 unspecified atom stereocenters. The number of methoxy groups -OCH3 is 1. The van der Waals surface area contributed by atoms with E-state index in [1.807, 2.05) is 25.1 Å². The number of nitrogens with zero attached hydrogens (tertiary/aromatic N) is 1. The van der Waals surface area contributed by atoms with Crippen molar-refractivity contribution in [3.05, 3.63) is 23.8 Å². The number of rotatable bonds is 11. The molecule has 0 aliphatic heterocycles. The van der Waals surface area contributed by atoms with Gasteiger partial charge in [0.15, 0.2) is 17.5 Å². The van der Waals surface area contributed by atoms with Gasteiger partial charge in [0, 0.05) is 31.1 Å². The number of aliphatic imine (C=N–C) groups is 1. The molecule has 0 atom stereocenters. The summed E-state index contributed by atoms with van der Waals surface area (Å²) < 4.78 is 11.8. The van der Waals surface area contributed by atoms with Crippen LogP contribution in [0, 0.1) is 0 Å². The number of halogens is 1. The maximum Gasteiger partial charge on any atom is 0.220 e. The first-order chi connectivity index (χ1) is 14.7. The number of carbonyl (C=O) groups is 1. The Kier molecular flexibility index (Phi) is 11.2. The van der Waals surface area contributed by atoms with Crippen molar-refractivity contribution in [2.24, 2.45) is 4.99 Å². The first kappa shape index (κ1) is 25.5. The van der Waals surface area contributed by atoms with Crippen molar-refractivity contribution in [3.8, 4) is 11.5 Å². The molecule has 1 aromatic carbocycles. The van der Waals surface area contributed by atoms with Crippen molar-refractivity contribution >= 4 is 35.8 Å². The zero-order valence-electron chi connectivity index (χ0n) is 18.7. The minimum atomic E-state index is 0. The van der Waals surface area contributed by atoms with E-state index in [9.17, 15) is 4.79 Å². The molecule has 0 spiro atoms. The molecule has 3 rings (SSSR count). The smallest absolute Gasteiger partial charge is 0.220 e. The van der Waals surface area contributed by atoms with Crippen LogP contribution in [0.3, 0.4) is 0 Å². The number of benzene rings is 1. The monoisotopic (exact) mass is 544 g/mol. The fourth-order valence-electron chi connectivity index (χ4n) is 3.64. The second-order valence-corrected chi connectivity index (χ2v) is 8.04. The predicted molar refractivity (Wildman–Crippen MR) is 135 cm³/mol. The molecule has 31 heavy (non-hydrogen) atoms. The van der Waals surface area contributed by atoms with Gasteiger partial charge in [-0.1, -0.05) is 12.1 Å². The van der Waals surface area contributed by atoms with Crippen LogP contribution in [0.15, 0.2) is 23.2 Å². The summed E-state index contributed by atoms with van der Waals surface area (Å²) in [5, 5.41) is 9.62. The van der Waals surface area contributed by atoms with Gasteiger partial charge in [0.1, 0.15) is 0 Å². The van der Waals surface area contributed by atoms with Crippen LogP contribution in [0.2, 0.25) is 0 Å². The van der Waals surface area contributed by atoms with Crippen molar-refractivity contribution in [2.45, 2.75) is 77.0 Å². The van der Waals surface area contributed by atoms with Gasteiger partial charge in [0.2, 0.25) is 5.91 Å². The van der Waals surface area contributed by atoms with E-state index in [0.29, 0.717) is 25.6 Å². The van der Waals surface area contributed by atoms with E-state index in [2.05, 4.69) is 16.0 Å². The van der Waals surface area contributed by atoms with E-state index in [-0.39, 0.29) is 36.0 Å². The Labute approximate surface area is 203 Å². The van der Waals surface area contributed by atoms with E-state index in [1.54, 1.807) is 7.11 Å². The molecule has 0 aromatic heterocycles. The summed E-state index contributed by atoms with van der Waals surface area (Å²) in [6.07, 6.45) is 8.46. The van der Waals surface area contributed by atoms with Gasteiger partial charge in [-0.3, -0.25) is 4.79 Å². The molecule has 8 heteroatoms. The number of carbonyl (C=O) groups excluding carboxylic acids is 1. The van der Waals surface area contributed by atoms with Gasteiger partial charge in [-0.2, -0.15) is 0 Å². The number of para-hydroxylation sites is 1.